The van der Waals surface area contributed by atoms with Crippen LogP contribution in [-0.2, 0) is 9.53 Å². The third kappa shape index (κ3) is 3.00. The number of likely N-dealkylation sites (tertiary alicyclic amines) is 1. The number of aliphatic hydroxyl groups is 1. The standard InChI is InChI=1S/C15H28N2O3/c1-3-20-13-11-12(18)15(13)6-9-17(10-7-15)14(19)5-4-8-16-2/h12-13,16,18H,3-11H2,1-2H3. The fourth-order valence-corrected chi connectivity index (χ4v) is 3.56. The minimum Gasteiger partial charge on any atom is -0.392 e. The van der Waals surface area contributed by atoms with Gasteiger partial charge in [0, 0.05) is 38.0 Å². The van der Waals surface area contributed by atoms with Crippen molar-refractivity contribution in [3.8, 4) is 0 Å². The van der Waals surface area contributed by atoms with Crippen molar-refractivity contribution in [1.82, 2.24) is 10.2 Å². The topological polar surface area (TPSA) is 61.8 Å². The Kier molecular flexibility index (Phi) is 5.41. The molecule has 1 saturated carbocycles. The van der Waals surface area contributed by atoms with Crippen LogP contribution >= 0.6 is 0 Å². The number of piperidine rings is 1. The second-order valence-electron chi connectivity index (χ2n) is 6.02. The second kappa shape index (κ2) is 6.87. The molecule has 2 N–H and O–H groups in total. The summed E-state index contributed by atoms with van der Waals surface area (Å²) in [4.78, 5) is 14.0. The van der Waals surface area contributed by atoms with Gasteiger partial charge in [-0.2, -0.15) is 0 Å². The van der Waals surface area contributed by atoms with Crippen molar-refractivity contribution in [2.45, 2.75) is 51.2 Å². The molecule has 1 spiro atoms. The van der Waals surface area contributed by atoms with Crippen LogP contribution in [0.5, 0.6) is 0 Å². The second-order valence-corrected chi connectivity index (χ2v) is 6.02. The number of amides is 1. The van der Waals surface area contributed by atoms with E-state index in [4.69, 9.17) is 4.74 Å². The maximum Gasteiger partial charge on any atom is 0.222 e. The van der Waals surface area contributed by atoms with Crippen molar-refractivity contribution in [3.05, 3.63) is 0 Å². The first-order chi connectivity index (χ1) is 9.64. The van der Waals surface area contributed by atoms with E-state index >= 15 is 0 Å². The number of nitrogens with one attached hydrogen (secondary N) is 1. The zero-order valence-electron chi connectivity index (χ0n) is 12.7. The first kappa shape index (κ1) is 15.7. The molecule has 2 aliphatic rings. The lowest BCUT2D eigenvalue weighted by Crippen LogP contribution is -2.62. The monoisotopic (exact) mass is 284 g/mol. The number of hydrogen-bond donors (Lipinski definition) is 2. The summed E-state index contributed by atoms with van der Waals surface area (Å²) in [5, 5.41) is 13.2. The Bertz CT molecular complexity index is 325. The molecule has 1 heterocycles. The van der Waals surface area contributed by atoms with Gasteiger partial charge in [-0.15, -0.1) is 0 Å². The van der Waals surface area contributed by atoms with Crippen LogP contribution in [0.4, 0.5) is 0 Å². The number of rotatable bonds is 6. The Balaban J connectivity index is 1.81. The highest BCUT2D eigenvalue weighted by Gasteiger charge is 2.56. The van der Waals surface area contributed by atoms with Crippen LogP contribution in [0.3, 0.4) is 0 Å². The highest BCUT2D eigenvalue weighted by atomic mass is 16.5. The van der Waals surface area contributed by atoms with E-state index in [9.17, 15) is 9.90 Å². The van der Waals surface area contributed by atoms with Gasteiger partial charge in [0.15, 0.2) is 0 Å². The van der Waals surface area contributed by atoms with Crippen molar-refractivity contribution in [2.24, 2.45) is 5.41 Å². The van der Waals surface area contributed by atoms with Gasteiger partial charge in [0.05, 0.1) is 12.2 Å². The molecule has 2 fully saturated rings. The fourth-order valence-electron chi connectivity index (χ4n) is 3.56. The molecule has 0 aromatic carbocycles. The van der Waals surface area contributed by atoms with Crippen LogP contribution in [0, 0.1) is 5.41 Å². The maximum absolute atomic E-state index is 12.1. The molecule has 2 unspecified atom stereocenters. The van der Waals surface area contributed by atoms with Crippen LogP contribution in [0.1, 0.15) is 39.0 Å². The summed E-state index contributed by atoms with van der Waals surface area (Å²) in [5.74, 6) is 0.247. The molecule has 1 aliphatic carbocycles. The quantitative estimate of drug-likeness (QED) is 0.707. The molecule has 0 bridgehead atoms. The Hall–Kier alpha value is -0.650. The number of nitrogens with zero attached hydrogens (tertiary/aromatic N) is 1. The molecule has 5 heteroatoms. The van der Waals surface area contributed by atoms with Crippen LogP contribution < -0.4 is 5.32 Å². The van der Waals surface area contributed by atoms with Gasteiger partial charge in [0.2, 0.25) is 5.91 Å². The van der Waals surface area contributed by atoms with E-state index in [-0.39, 0.29) is 23.5 Å². The highest BCUT2D eigenvalue weighted by Crippen LogP contribution is 2.50. The Morgan fingerprint density at radius 1 is 1.45 bits per heavy atom. The van der Waals surface area contributed by atoms with E-state index < -0.39 is 0 Å². The van der Waals surface area contributed by atoms with E-state index in [0.29, 0.717) is 13.0 Å². The van der Waals surface area contributed by atoms with Gasteiger partial charge in [0.1, 0.15) is 0 Å². The average molecular weight is 284 g/mol. The Labute approximate surface area is 121 Å². The number of aliphatic hydroxyl groups excluding tert-OH is 1. The molecule has 2 rings (SSSR count). The number of ether oxygens (including phenoxy) is 1. The van der Waals surface area contributed by atoms with E-state index in [2.05, 4.69) is 5.32 Å². The van der Waals surface area contributed by atoms with E-state index in [0.717, 1.165) is 45.3 Å². The van der Waals surface area contributed by atoms with Gasteiger partial charge in [-0.3, -0.25) is 4.79 Å². The van der Waals surface area contributed by atoms with Gasteiger partial charge in [-0.25, -0.2) is 0 Å². The van der Waals surface area contributed by atoms with Crippen molar-refractivity contribution in [2.75, 3.05) is 33.3 Å². The van der Waals surface area contributed by atoms with E-state index in [1.54, 1.807) is 0 Å². The van der Waals surface area contributed by atoms with Gasteiger partial charge in [-0.1, -0.05) is 0 Å². The van der Waals surface area contributed by atoms with Crippen molar-refractivity contribution >= 4 is 5.91 Å². The molecule has 1 saturated heterocycles. The maximum atomic E-state index is 12.1. The predicted molar refractivity (Wildman–Crippen MR) is 77.4 cm³/mol. The first-order valence-electron chi connectivity index (χ1n) is 7.86. The van der Waals surface area contributed by atoms with E-state index in [1.807, 2.05) is 18.9 Å². The molecule has 2 atom stereocenters. The third-order valence-electron chi connectivity index (χ3n) is 4.97. The van der Waals surface area contributed by atoms with Gasteiger partial charge in [-0.05, 0) is 39.8 Å². The van der Waals surface area contributed by atoms with Gasteiger partial charge < -0.3 is 20.1 Å². The summed E-state index contributed by atoms with van der Waals surface area (Å²) in [6.45, 7) is 5.11. The van der Waals surface area contributed by atoms with E-state index in [1.165, 1.54) is 0 Å². The minimum atomic E-state index is -0.249. The molecular formula is C15H28N2O3. The highest BCUT2D eigenvalue weighted by molar-refractivity contribution is 5.76. The lowest BCUT2D eigenvalue weighted by molar-refractivity contribution is -0.210. The van der Waals surface area contributed by atoms with Gasteiger partial charge in [0.25, 0.3) is 0 Å². The summed E-state index contributed by atoms with van der Waals surface area (Å²) in [6.07, 6.45) is 3.94. The predicted octanol–water partition coefficient (Wildman–Crippen LogP) is 0.764. The smallest absolute Gasteiger partial charge is 0.222 e. The molecule has 1 aliphatic heterocycles. The largest absolute Gasteiger partial charge is 0.392 e. The Morgan fingerprint density at radius 3 is 2.70 bits per heavy atom. The van der Waals surface area contributed by atoms with Crippen LogP contribution in [0.15, 0.2) is 0 Å². The van der Waals surface area contributed by atoms with Crippen LogP contribution in [-0.4, -0.2) is 61.4 Å². The lowest BCUT2D eigenvalue weighted by Gasteiger charge is -2.56. The summed E-state index contributed by atoms with van der Waals surface area (Å²) in [5.41, 5.74) is -0.0856. The lowest BCUT2D eigenvalue weighted by atomic mass is 9.58. The van der Waals surface area contributed by atoms with Crippen molar-refractivity contribution in [1.29, 1.82) is 0 Å². The minimum absolute atomic E-state index is 0.0856. The fraction of sp³-hybridized carbons (Fsp3) is 0.933. The molecule has 0 aromatic rings. The Morgan fingerprint density at radius 2 is 2.15 bits per heavy atom. The summed E-state index contributed by atoms with van der Waals surface area (Å²) in [6, 6.07) is 0. The number of carbonyl (C=O) groups is 1. The molecule has 20 heavy (non-hydrogen) atoms. The number of hydrogen-bond acceptors (Lipinski definition) is 4. The zero-order chi connectivity index (χ0) is 14.6. The molecule has 1 amide bonds. The zero-order valence-corrected chi connectivity index (χ0v) is 12.7. The molecule has 0 radical (unpaired) electrons. The average Bonchev–Trinajstić information content (AvgIpc) is 2.47. The summed E-state index contributed by atoms with van der Waals surface area (Å²) < 4.78 is 5.74. The molecule has 5 nitrogen and oxygen atoms in total. The normalized spacial score (nSPS) is 28.4. The first-order valence-corrected chi connectivity index (χ1v) is 7.86. The van der Waals surface area contributed by atoms with Crippen LogP contribution in [0.2, 0.25) is 0 Å². The SMILES string of the molecule is CCOC1CC(O)C12CCN(C(=O)CCCNC)CC2. The third-order valence-corrected chi connectivity index (χ3v) is 4.97. The van der Waals surface area contributed by atoms with Crippen molar-refractivity contribution in [3.63, 3.8) is 0 Å². The molecule has 116 valence electrons. The number of carbonyl (C=O) groups excluding carboxylic acids is 1. The van der Waals surface area contributed by atoms with Gasteiger partial charge >= 0.3 is 0 Å². The summed E-state index contributed by atoms with van der Waals surface area (Å²) >= 11 is 0. The van der Waals surface area contributed by atoms with Crippen LogP contribution in [0.25, 0.3) is 0 Å². The van der Waals surface area contributed by atoms with Crippen molar-refractivity contribution < 1.29 is 14.6 Å². The summed E-state index contributed by atoms with van der Waals surface area (Å²) in [7, 11) is 1.90. The molecular weight excluding hydrogens is 256 g/mol. The molecule has 0 aromatic heterocycles.